The maximum absolute atomic E-state index is 14.2. The van der Waals surface area contributed by atoms with Gasteiger partial charge in [-0.1, -0.05) is 30.3 Å². The van der Waals surface area contributed by atoms with Gasteiger partial charge in [-0.05, 0) is 47.7 Å². The second-order valence-corrected chi connectivity index (χ2v) is 8.85. The molecule has 4 rings (SSSR count). The molecule has 0 fully saturated rings. The van der Waals surface area contributed by atoms with E-state index in [1.165, 1.54) is 41.3 Å². The fraction of sp³-hybridized carbons (Fsp3) is 0.231. The minimum atomic E-state index is -0.647. The van der Waals surface area contributed by atoms with E-state index < -0.39 is 23.6 Å². The largest absolute Gasteiger partial charge is 0.488 e. The quantitative estimate of drug-likeness (QED) is 0.431. The maximum Gasteiger partial charge on any atom is 0.257 e. The molecule has 0 saturated carbocycles. The lowest BCUT2D eigenvalue weighted by Gasteiger charge is -2.37. The van der Waals surface area contributed by atoms with Gasteiger partial charge in [0.25, 0.3) is 5.91 Å². The smallest absolute Gasteiger partial charge is 0.257 e. The highest BCUT2D eigenvalue weighted by Gasteiger charge is 2.34. The highest BCUT2D eigenvalue weighted by molar-refractivity contribution is 7.10. The van der Waals surface area contributed by atoms with E-state index in [-0.39, 0.29) is 36.9 Å². The number of para-hydroxylation sites is 1. The van der Waals surface area contributed by atoms with Gasteiger partial charge >= 0.3 is 0 Å². The second kappa shape index (κ2) is 10.6. The molecule has 0 bridgehead atoms. The number of carbonyl (C=O) groups is 2. The van der Waals surface area contributed by atoms with Gasteiger partial charge < -0.3 is 14.5 Å². The Hall–Kier alpha value is -3.52. The molecular weight excluding hydrogens is 458 g/mol. The average molecular weight is 483 g/mol. The van der Waals surface area contributed by atoms with E-state index >= 15 is 0 Å². The summed E-state index contributed by atoms with van der Waals surface area (Å²) < 4.78 is 34.0. The van der Waals surface area contributed by atoms with Gasteiger partial charge in [0.15, 0.2) is 11.6 Å². The fourth-order valence-corrected chi connectivity index (χ4v) is 4.97. The molecule has 1 aliphatic rings. The van der Waals surface area contributed by atoms with Gasteiger partial charge in [-0.3, -0.25) is 9.59 Å². The number of thiophene rings is 1. The van der Waals surface area contributed by atoms with Crippen LogP contribution >= 0.6 is 11.3 Å². The number of amides is 2. The molecule has 0 spiro atoms. The summed E-state index contributed by atoms with van der Waals surface area (Å²) in [5, 5.41) is 1.96. The van der Waals surface area contributed by atoms with Crippen molar-refractivity contribution < 1.29 is 23.1 Å². The van der Waals surface area contributed by atoms with Crippen LogP contribution in [-0.2, 0) is 11.2 Å². The summed E-state index contributed by atoms with van der Waals surface area (Å²) in [5.74, 6) is -1.90. The van der Waals surface area contributed by atoms with Crippen LogP contribution in [-0.4, -0.2) is 47.9 Å². The number of nitrogens with zero attached hydrogens (tertiary/aromatic N) is 2. The molecule has 3 aromatic rings. The molecular formula is C26H24F2N2O3S. The Balaban J connectivity index is 1.54. The zero-order valence-electron chi connectivity index (χ0n) is 18.5. The topological polar surface area (TPSA) is 49.9 Å². The van der Waals surface area contributed by atoms with Gasteiger partial charge in [0, 0.05) is 18.0 Å². The summed E-state index contributed by atoms with van der Waals surface area (Å²) in [7, 11) is 0. The molecule has 2 aromatic carbocycles. The lowest BCUT2D eigenvalue weighted by molar-refractivity contribution is -0.135. The third kappa shape index (κ3) is 5.02. The van der Waals surface area contributed by atoms with Crippen LogP contribution in [0, 0.1) is 11.6 Å². The molecule has 2 heterocycles. The maximum atomic E-state index is 14.2. The summed E-state index contributed by atoms with van der Waals surface area (Å²) in [6, 6.07) is 13.3. The van der Waals surface area contributed by atoms with Crippen LogP contribution in [0.5, 0.6) is 5.75 Å². The summed E-state index contributed by atoms with van der Waals surface area (Å²) in [4.78, 5) is 30.4. The van der Waals surface area contributed by atoms with Crippen LogP contribution in [0.25, 0.3) is 0 Å². The van der Waals surface area contributed by atoms with E-state index in [1.807, 2.05) is 11.4 Å². The minimum absolute atomic E-state index is 0.0686. The Bertz CT molecular complexity index is 1200. The first kappa shape index (κ1) is 23.6. The van der Waals surface area contributed by atoms with E-state index in [1.54, 1.807) is 34.4 Å². The van der Waals surface area contributed by atoms with E-state index in [4.69, 9.17) is 4.74 Å². The number of ether oxygens (including phenoxy) is 1. The predicted octanol–water partition coefficient (Wildman–Crippen LogP) is 4.86. The number of hydrogen-bond acceptors (Lipinski definition) is 4. The number of halogens is 2. The van der Waals surface area contributed by atoms with Gasteiger partial charge in [-0.15, -0.1) is 17.9 Å². The standard InChI is InChI=1S/C26H24F2N2O3S/c1-2-13-29(26(32)18-7-3-4-8-20(18)27)16-25(31)30-14-11-24-19(12-15-34-24)22(30)17-33-23-10-6-5-9-21(23)28/h2-10,12,15,22H,1,11,13-14,16-17H2/t22-/m1/s1. The van der Waals surface area contributed by atoms with E-state index in [0.717, 1.165) is 10.4 Å². The lowest BCUT2D eigenvalue weighted by Crippen LogP contribution is -2.48. The molecule has 0 radical (unpaired) electrons. The molecule has 5 nitrogen and oxygen atoms in total. The molecule has 1 aliphatic heterocycles. The van der Waals surface area contributed by atoms with Crippen molar-refractivity contribution in [1.82, 2.24) is 9.80 Å². The van der Waals surface area contributed by atoms with Gasteiger partial charge in [0.2, 0.25) is 5.91 Å². The van der Waals surface area contributed by atoms with Crippen molar-refractivity contribution in [1.29, 1.82) is 0 Å². The normalized spacial score (nSPS) is 14.9. The van der Waals surface area contributed by atoms with Crippen molar-refractivity contribution >= 4 is 23.2 Å². The Morgan fingerprint density at radius 2 is 1.85 bits per heavy atom. The third-order valence-corrected chi connectivity index (χ3v) is 6.71. The van der Waals surface area contributed by atoms with Crippen LogP contribution in [0.1, 0.15) is 26.8 Å². The first-order valence-electron chi connectivity index (χ1n) is 10.9. The Morgan fingerprint density at radius 1 is 1.12 bits per heavy atom. The predicted molar refractivity (Wildman–Crippen MR) is 127 cm³/mol. The van der Waals surface area contributed by atoms with Crippen LogP contribution in [0.3, 0.4) is 0 Å². The first-order chi connectivity index (χ1) is 16.5. The number of carbonyl (C=O) groups excluding carboxylic acids is 2. The molecule has 1 atom stereocenters. The molecule has 8 heteroatoms. The highest BCUT2D eigenvalue weighted by Crippen LogP contribution is 2.34. The summed E-state index contributed by atoms with van der Waals surface area (Å²) in [6.07, 6.45) is 2.18. The summed E-state index contributed by atoms with van der Waals surface area (Å²) in [6.45, 7) is 4.02. The van der Waals surface area contributed by atoms with Crippen molar-refractivity contribution in [3.8, 4) is 5.75 Å². The minimum Gasteiger partial charge on any atom is -0.488 e. The highest BCUT2D eigenvalue weighted by atomic mass is 32.1. The molecule has 0 saturated heterocycles. The molecule has 0 aliphatic carbocycles. The number of fused-ring (bicyclic) bond motifs is 1. The van der Waals surface area contributed by atoms with E-state index in [2.05, 4.69) is 6.58 Å². The van der Waals surface area contributed by atoms with Crippen molar-refractivity contribution in [2.75, 3.05) is 26.2 Å². The first-order valence-corrected chi connectivity index (χ1v) is 11.7. The van der Waals surface area contributed by atoms with Crippen LogP contribution < -0.4 is 4.74 Å². The van der Waals surface area contributed by atoms with Gasteiger partial charge in [-0.25, -0.2) is 8.78 Å². The fourth-order valence-electron chi connectivity index (χ4n) is 4.04. The summed E-state index contributed by atoms with van der Waals surface area (Å²) in [5.41, 5.74) is 0.854. The van der Waals surface area contributed by atoms with Crippen LogP contribution in [0.4, 0.5) is 8.78 Å². The Morgan fingerprint density at radius 3 is 2.59 bits per heavy atom. The number of rotatable bonds is 8. The second-order valence-electron chi connectivity index (χ2n) is 7.85. The zero-order valence-corrected chi connectivity index (χ0v) is 19.3. The van der Waals surface area contributed by atoms with Crippen molar-refractivity contribution in [2.24, 2.45) is 0 Å². The monoisotopic (exact) mass is 482 g/mol. The van der Waals surface area contributed by atoms with Crippen LogP contribution in [0.15, 0.2) is 72.6 Å². The zero-order chi connectivity index (χ0) is 24.1. The molecule has 0 N–H and O–H groups in total. The Kier molecular flexibility index (Phi) is 7.37. The Labute approximate surface area is 200 Å². The van der Waals surface area contributed by atoms with Crippen molar-refractivity contribution in [3.63, 3.8) is 0 Å². The average Bonchev–Trinajstić information content (AvgIpc) is 3.32. The molecule has 0 unspecified atom stereocenters. The van der Waals surface area contributed by atoms with Gasteiger partial charge in [0.1, 0.15) is 19.0 Å². The van der Waals surface area contributed by atoms with Gasteiger partial charge in [0.05, 0.1) is 11.6 Å². The molecule has 1 aromatic heterocycles. The van der Waals surface area contributed by atoms with Crippen molar-refractivity contribution in [2.45, 2.75) is 12.5 Å². The third-order valence-electron chi connectivity index (χ3n) is 5.72. The molecule has 176 valence electrons. The number of hydrogen-bond donors (Lipinski definition) is 0. The molecule has 2 amide bonds. The van der Waals surface area contributed by atoms with E-state index in [0.29, 0.717) is 13.0 Å². The SMILES string of the molecule is C=CCN(CC(=O)N1CCc2sccc2[C@H]1COc1ccccc1F)C(=O)c1ccccc1F. The van der Waals surface area contributed by atoms with Crippen molar-refractivity contribution in [3.05, 3.63) is 100 Å². The summed E-state index contributed by atoms with van der Waals surface area (Å²) >= 11 is 1.61. The van der Waals surface area contributed by atoms with Gasteiger partial charge in [-0.2, -0.15) is 0 Å². The molecule has 34 heavy (non-hydrogen) atoms. The van der Waals surface area contributed by atoms with Crippen LogP contribution in [0.2, 0.25) is 0 Å². The lowest BCUT2D eigenvalue weighted by atomic mass is 10.0. The number of benzene rings is 2. The van der Waals surface area contributed by atoms with E-state index in [9.17, 15) is 18.4 Å².